The first-order valence-electron chi connectivity index (χ1n) is 25.7. The molecule has 0 amide bonds. The highest BCUT2D eigenvalue weighted by molar-refractivity contribution is 5.72. The van der Waals surface area contributed by atoms with E-state index in [-0.39, 0.29) is 36.2 Å². The van der Waals surface area contributed by atoms with Gasteiger partial charge >= 0.3 is 17.9 Å². The predicted octanol–water partition coefficient (Wildman–Crippen LogP) is 14.6. The van der Waals surface area contributed by atoms with Gasteiger partial charge in [0.2, 0.25) is 0 Å². The first-order valence-corrected chi connectivity index (χ1v) is 25.7. The van der Waals surface area contributed by atoms with E-state index in [9.17, 15) is 19.5 Å². The van der Waals surface area contributed by atoms with Crippen LogP contribution in [0, 0.1) is 0 Å². The first-order chi connectivity index (χ1) is 29.1. The number of hydrogen-bond acceptors (Lipinski definition) is 6. The molecule has 0 saturated carbocycles. The van der Waals surface area contributed by atoms with E-state index in [0.717, 1.165) is 51.4 Å². The smallest absolute Gasteiger partial charge is 0.362 e. The van der Waals surface area contributed by atoms with Gasteiger partial charge in [-0.25, -0.2) is 4.79 Å². The molecule has 0 aromatic carbocycles. The predicted molar refractivity (Wildman–Crippen MR) is 252 cm³/mol. The Morgan fingerprint density at radius 2 is 0.833 bits per heavy atom. The molecule has 0 fully saturated rings. The van der Waals surface area contributed by atoms with Crippen molar-refractivity contribution in [1.29, 1.82) is 0 Å². The number of rotatable bonds is 47. The maximum absolute atomic E-state index is 12.7. The maximum atomic E-state index is 12.7. The third kappa shape index (κ3) is 41.4. The summed E-state index contributed by atoms with van der Waals surface area (Å²) in [4.78, 5) is 37.1. The number of ether oxygens (including phenoxy) is 3. The average molecular weight is 851 g/mol. The molecule has 2 atom stereocenters. The molecule has 0 aliphatic heterocycles. The van der Waals surface area contributed by atoms with Crippen molar-refractivity contribution < 1.29 is 38.2 Å². The Bertz CT molecular complexity index is 993. The second-order valence-electron chi connectivity index (χ2n) is 18.8. The van der Waals surface area contributed by atoms with E-state index in [1.165, 1.54) is 167 Å². The van der Waals surface area contributed by atoms with Gasteiger partial charge in [0.05, 0.1) is 34.4 Å². The lowest BCUT2D eigenvalue weighted by molar-refractivity contribution is -0.887. The Labute approximate surface area is 371 Å². The Morgan fingerprint density at radius 3 is 1.22 bits per heavy atom. The first kappa shape index (κ1) is 58.1. The standard InChI is InChI=1S/C52H99NO7/c1-6-8-10-12-14-16-18-20-21-22-23-24-25-26-27-28-29-31-32-34-36-38-40-42-50(54)59-47-48(46-58-45-44-49(52(56)57)53(3,4)5)60-51(55)43-41-39-37-35-33-30-19-17-15-13-11-9-7-2/h17,19,48-49H,6-16,18,20-47H2,1-5H3/p+1/b19-17-. The highest BCUT2D eigenvalue weighted by Gasteiger charge is 2.31. The van der Waals surface area contributed by atoms with Gasteiger partial charge in [0.25, 0.3) is 0 Å². The summed E-state index contributed by atoms with van der Waals surface area (Å²) in [6.07, 6.45) is 48.4. The van der Waals surface area contributed by atoms with Gasteiger partial charge in [0.1, 0.15) is 6.61 Å². The number of carboxylic acid groups (broad SMARTS) is 1. The van der Waals surface area contributed by atoms with Crippen molar-refractivity contribution in [1.82, 2.24) is 0 Å². The topological polar surface area (TPSA) is 99.1 Å². The van der Waals surface area contributed by atoms with E-state index in [2.05, 4.69) is 26.0 Å². The number of hydrogen-bond donors (Lipinski definition) is 1. The monoisotopic (exact) mass is 851 g/mol. The van der Waals surface area contributed by atoms with Gasteiger partial charge < -0.3 is 23.8 Å². The van der Waals surface area contributed by atoms with Crippen LogP contribution in [0.1, 0.15) is 251 Å². The summed E-state index contributed by atoms with van der Waals surface area (Å²) in [5.41, 5.74) is 0. The van der Waals surface area contributed by atoms with E-state index in [0.29, 0.717) is 19.3 Å². The molecule has 0 rings (SSSR count). The van der Waals surface area contributed by atoms with Gasteiger partial charge in [-0.1, -0.05) is 206 Å². The quantitative estimate of drug-likeness (QED) is 0.0282. The molecule has 0 radical (unpaired) electrons. The molecule has 0 aromatic rings. The summed E-state index contributed by atoms with van der Waals surface area (Å²) in [7, 11) is 5.54. The lowest BCUT2D eigenvalue weighted by atomic mass is 10.0. The zero-order chi connectivity index (χ0) is 44.2. The molecule has 354 valence electrons. The van der Waals surface area contributed by atoms with Crippen LogP contribution in [0.25, 0.3) is 0 Å². The summed E-state index contributed by atoms with van der Waals surface area (Å²) < 4.78 is 17.3. The fourth-order valence-corrected chi connectivity index (χ4v) is 7.91. The molecule has 0 bridgehead atoms. The van der Waals surface area contributed by atoms with Crippen molar-refractivity contribution in [2.45, 2.75) is 264 Å². The highest BCUT2D eigenvalue weighted by Crippen LogP contribution is 2.17. The van der Waals surface area contributed by atoms with Crippen LogP contribution in [0.5, 0.6) is 0 Å². The van der Waals surface area contributed by atoms with Crippen molar-refractivity contribution in [3.8, 4) is 0 Å². The van der Waals surface area contributed by atoms with Crippen molar-refractivity contribution in [2.24, 2.45) is 0 Å². The number of allylic oxidation sites excluding steroid dienone is 2. The number of esters is 2. The van der Waals surface area contributed by atoms with Crippen molar-refractivity contribution >= 4 is 17.9 Å². The molecule has 2 unspecified atom stereocenters. The fourth-order valence-electron chi connectivity index (χ4n) is 7.91. The molecule has 60 heavy (non-hydrogen) atoms. The Balaban J connectivity index is 4.13. The van der Waals surface area contributed by atoms with Gasteiger partial charge in [0, 0.05) is 19.3 Å². The number of carbonyl (C=O) groups is 3. The number of nitrogens with zero attached hydrogens (tertiary/aromatic N) is 1. The molecule has 1 N–H and O–H groups in total. The van der Waals surface area contributed by atoms with E-state index in [4.69, 9.17) is 14.2 Å². The number of carboxylic acids is 1. The molecule has 0 aliphatic rings. The molecule has 0 aromatic heterocycles. The van der Waals surface area contributed by atoms with Gasteiger partial charge in [-0.15, -0.1) is 0 Å². The van der Waals surface area contributed by atoms with Crippen molar-refractivity contribution in [3.63, 3.8) is 0 Å². The van der Waals surface area contributed by atoms with Crippen LogP contribution in [-0.4, -0.2) is 80.6 Å². The molecule has 8 nitrogen and oxygen atoms in total. The normalized spacial score (nSPS) is 12.9. The number of aliphatic carboxylic acids is 1. The Morgan fingerprint density at radius 1 is 0.483 bits per heavy atom. The summed E-state index contributed by atoms with van der Waals surface area (Å²) in [6, 6.07) is -0.612. The number of likely N-dealkylation sites (N-methyl/N-ethyl adjacent to an activating group) is 1. The van der Waals surface area contributed by atoms with Crippen LogP contribution < -0.4 is 0 Å². The maximum Gasteiger partial charge on any atom is 0.362 e. The summed E-state index contributed by atoms with van der Waals surface area (Å²) in [6.45, 7) is 4.76. The molecule has 0 heterocycles. The number of quaternary nitrogens is 1. The number of carbonyl (C=O) groups excluding carboxylic acids is 2. The molecule has 8 heteroatoms. The Kier molecular flexibility index (Phi) is 42.3. The van der Waals surface area contributed by atoms with Crippen molar-refractivity contribution in [2.75, 3.05) is 41.0 Å². The lowest BCUT2D eigenvalue weighted by Gasteiger charge is -2.31. The van der Waals surface area contributed by atoms with Crippen molar-refractivity contribution in [3.05, 3.63) is 12.2 Å². The zero-order valence-corrected chi connectivity index (χ0v) is 40.4. The molecule has 0 aliphatic carbocycles. The summed E-state index contributed by atoms with van der Waals surface area (Å²) >= 11 is 0. The molecule has 0 spiro atoms. The van der Waals surface area contributed by atoms with Crippen LogP contribution in [0.15, 0.2) is 12.2 Å². The van der Waals surface area contributed by atoms with Crippen LogP contribution in [0.3, 0.4) is 0 Å². The van der Waals surface area contributed by atoms with Crippen LogP contribution >= 0.6 is 0 Å². The summed E-state index contributed by atoms with van der Waals surface area (Å²) in [5, 5.41) is 9.64. The molecule has 0 saturated heterocycles. The second-order valence-corrected chi connectivity index (χ2v) is 18.8. The Hall–Kier alpha value is -1.93. The minimum Gasteiger partial charge on any atom is -0.477 e. The van der Waals surface area contributed by atoms with E-state index < -0.39 is 18.1 Å². The SMILES string of the molecule is CCCCCC/C=C\CCCCCCCC(=O)OC(COCCC(C(=O)O)[N+](C)(C)C)COC(=O)CCCCCCCCCCCCCCCCCCCCCCCCC. The van der Waals surface area contributed by atoms with Crippen LogP contribution in [0.2, 0.25) is 0 Å². The fraction of sp³-hybridized carbons (Fsp3) is 0.904. The van der Waals surface area contributed by atoms with E-state index in [1.54, 1.807) is 0 Å². The largest absolute Gasteiger partial charge is 0.477 e. The highest BCUT2D eigenvalue weighted by atomic mass is 16.6. The van der Waals surface area contributed by atoms with Gasteiger partial charge in [0.15, 0.2) is 12.1 Å². The lowest BCUT2D eigenvalue weighted by Crippen LogP contribution is -2.50. The van der Waals surface area contributed by atoms with Gasteiger partial charge in [-0.2, -0.15) is 0 Å². The van der Waals surface area contributed by atoms with Crippen LogP contribution in [0.4, 0.5) is 0 Å². The zero-order valence-electron chi connectivity index (χ0n) is 40.4. The average Bonchev–Trinajstić information content (AvgIpc) is 3.21. The number of unbranched alkanes of at least 4 members (excludes halogenated alkanes) is 31. The minimum absolute atomic E-state index is 0.0479. The second kappa shape index (κ2) is 43.7. The van der Waals surface area contributed by atoms with Gasteiger partial charge in [-0.05, 0) is 38.5 Å². The summed E-state index contributed by atoms with van der Waals surface area (Å²) in [5.74, 6) is -1.46. The van der Waals surface area contributed by atoms with Gasteiger partial charge in [-0.3, -0.25) is 9.59 Å². The third-order valence-electron chi connectivity index (χ3n) is 11.9. The third-order valence-corrected chi connectivity index (χ3v) is 11.9. The van der Waals surface area contributed by atoms with E-state index >= 15 is 0 Å². The molecular weight excluding hydrogens is 751 g/mol. The van der Waals surface area contributed by atoms with Crippen LogP contribution in [-0.2, 0) is 28.6 Å². The minimum atomic E-state index is -0.872. The molecular formula is C52H100NO7+. The van der Waals surface area contributed by atoms with E-state index in [1.807, 2.05) is 21.1 Å².